The summed E-state index contributed by atoms with van der Waals surface area (Å²) in [6.07, 6.45) is 5.72. The number of benzene rings is 1. The number of aryl methyl sites for hydroxylation is 1. The lowest BCUT2D eigenvalue weighted by atomic mass is 9.75. The van der Waals surface area contributed by atoms with Crippen molar-refractivity contribution >= 4 is 22.1 Å². The molecule has 3 N–H and O–H groups in total. The van der Waals surface area contributed by atoms with Crippen molar-refractivity contribution in [3.63, 3.8) is 0 Å². The first-order valence-corrected chi connectivity index (χ1v) is 7.58. The predicted octanol–water partition coefficient (Wildman–Crippen LogP) is 3.02. The van der Waals surface area contributed by atoms with Gasteiger partial charge in [0.2, 0.25) is 0 Å². The largest absolute Gasteiger partial charge is 0.398 e. The van der Waals surface area contributed by atoms with E-state index in [1.165, 1.54) is 19.3 Å². The zero-order valence-corrected chi connectivity index (χ0v) is 13.1. The number of nitrogen functional groups attached to an aromatic ring is 1. The highest BCUT2D eigenvalue weighted by molar-refractivity contribution is 6.00. The molecule has 1 fully saturated rings. The summed E-state index contributed by atoms with van der Waals surface area (Å²) in [5.41, 5.74) is 9.32. The van der Waals surface area contributed by atoms with E-state index in [9.17, 15) is 0 Å². The van der Waals surface area contributed by atoms with Gasteiger partial charge in [0.05, 0.1) is 0 Å². The van der Waals surface area contributed by atoms with E-state index in [1.807, 2.05) is 19.2 Å². The minimum absolute atomic E-state index is 0.301. The van der Waals surface area contributed by atoms with Crippen LogP contribution in [0.25, 0.3) is 10.8 Å². The second kappa shape index (κ2) is 5.19. The van der Waals surface area contributed by atoms with E-state index < -0.39 is 0 Å². The fraction of sp³-hybridized carbons (Fsp3) is 0.471. The Labute approximate surface area is 126 Å². The Morgan fingerprint density at radius 1 is 1.29 bits per heavy atom. The van der Waals surface area contributed by atoms with Crippen LogP contribution in [0.3, 0.4) is 0 Å². The Kier molecular flexibility index (Phi) is 3.49. The lowest BCUT2D eigenvalue weighted by Crippen LogP contribution is -2.54. The number of hydrogen-bond acceptors (Lipinski definition) is 4. The Morgan fingerprint density at radius 2 is 2.05 bits per heavy atom. The number of nitrogens with two attached hydrogens (primary N) is 1. The van der Waals surface area contributed by atoms with Gasteiger partial charge in [0.1, 0.15) is 0 Å². The first-order chi connectivity index (χ1) is 10.0. The lowest BCUT2D eigenvalue weighted by molar-refractivity contribution is 0.0739. The van der Waals surface area contributed by atoms with E-state index >= 15 is 0 Å². The van der Waals surface area contributed by atoms with Crippen LogP contribution in [0.4, 0.5) is 11.4 Å². The van der Waals surface area contributed by atoms with Crippen molar-refractivity contribution in [3.05, 3.63) is 30.1 Å². The zero-order valence-electron chi connectivity index (χ0n) is 13.1. The molecule has 21 heavy (non-hydrogen) atoms. The molecule has 3 rings (SSSR count). The van der Waals surface area contributed by atoms with E-state index in [4.69, 9.17) is 5.73 Å². The molecule has 1 heterocycles. The fourth-order valence-corrected chi connectivity index (χ4v) is 3.15. The Bertz CT molecular complexity index is 659. The molecule has 0 radical (unpaired) electrons. The third-order valence-electron chi connectivity index (χ3n) is 4.91. The molecule has 0 saturated heterocycles. The average molecular weight is 284 g/mol. The number of nitrogens with zero attached hydrogens (tertiary/aromatic N) is 2. The van der Waals surface area contributed by atoms with Gasteiger partial charge in [-0.25, -0.2) is 0 Å². The number of likely N-dealkylation sites (N-methyl/N-ethyl adjacent to an activating group) is 1. The molecule has 1 aliphatic carbocycles. The van der Waals surface area contributed by atoms with Crippen LogP contribution in [0, 0.1) is 6.92 Å². The maximum absolute atomic E-state index is 6.07. The molecular weight excluding hydrogens is 260 g/mol. The fourth-order valence-electron chi connectivity index (χ4n) is 3.15. The summed E-state index contributed by atoms with van der Waals surface area (Å²) in [5, 5.41) is 5.83. The van der Waals surface area contributed by atoms with Crippen molar-refractivity contribution in [2.75, 3.05) is 31.7 Å². The molecule has 0 aliphatic heterocycles. The second-order valence-corrected chi connectivity index (χ2v) is 6.40. The SMILES string of the molecule is Cc1cc2c(NCC3(N(C)C)CCC3)ccc(N)c2cn1. The molecule has 1 aromatic heterocycles. The average Bonchev–Trinajstić information content (AvgIpc) is 2.39. The lowest BCUT2D eigenvalue weighted by Gasteiger charge is -2.47. The van der Waals surface area contributed by atoms with Crippen molar-refractivity contribution in [2.24, 2.45) is 0 Å². The summed E-state index contributed by atoms with van der Waals surface area (Å²) < 4.78 is 0. The van der Waals surface area contributed by atoms with Gasteiger partial charge >= 0.3 is 0 Å². The number of pyridine rings is 1. The molecule has 2 aromatic rings. The topological polar surface area (TPSA) is 54.2 Å². The smallest absolute Gasteiger partial charge is 0.0423 e. The molecule has 0 amide bonds. The van der Waals surface area contributed by atoms with Crippen molar-refractivity contribution < 1.29 is 0 Å². The third-order valence-corrected chi connectivity index (χ3v) is 4.91. The van der Waals surface area contributed by atoms with Gasteiger partial charge in [-0.1, -0.05) is 0 Å². The van der Waals surface area contributed by atoms with Crippen LogP contribution in [0.1, 0.15) is 25.0 Å². The molecular formula is C17H24N4. The van der Waals surface area contributed by atoms with Crippen molar-refractivity contribution in [1.82, 2.24) is 9.88 Å². The summed E-state index contributed by atoms with van der Waals surface area (Å²) in [4.78, 5) is 6.71. The van der Waals surface area contributed by atoms with Gasteiger partial charge in [0, 0.05) is 46.1 Å². The highest BCUT2D eigenvalue weighted by atomic mass is 15.2. The van der Waals surface area contributed by atoms with E-state index in [0.29, 0.717) is 5.54 Å². The normalized spacial score (nSPS) is 17.0. The van der Waals surface area contributed by atoms with Crippen LogP contribution in [0.2, 0.25) is 0 Å². The summed E-state index contributed by atoms with van der Waals surface area (Å²) in [5.74, 6) is 0. The number of fused-ring (bicyclic) bond motifs is 1. The Morgan fingerprint density at radius 3 is 2.67 bits per heavy atom. The summed E-state index contributed by atoms with van der Waals surface area (Å²) >= 11 is 0. The molecule has 4 heteroatoms. The van der Waals surface area contributed by atoms with Gasteiger partial charge in [0.15, 0.2) is 0 Å². The van der Waals surface area contributed by atoms with Crippen molar-refractivity contribution in [3.8, 4) is 0 Å². The number of hydrogen-bond donors (Lipinski definition) is 2. The number of aromatic nitrogens is 1. The first-order valence-electron chi connectivity index (χ1n) is 7.58. The zero-order chi connectivity index (χ0) is 15.0. The maximum Gasteiger partial charge on any atom is 0.0423 e. The van der Waals surface area contributed by atoms with E-state index in [0.717, 1.165) is 34.4 Å². The molecule has 0 bridgehead atoms. The first kappa shape index (κ1) is 14.1. The van der Waals surface area contributed by atoms with E-state index in [-0.39, 0.29) is 0 Å². The van der Waals surface area contributed by atoms with Gasteiger partial charge in [-0.2, -0.15) is 0 Å². The predicted molar refractivity (Wildman–Crippen MR) is 89.7 cm³/mol. The quantitative estimate of drug-likeness (QED) is 0.847. The Hall–Kier alpha value is -1.81. The minimum Gasteiger partial charge on any atom is -0.398 e. The summed E-state index contributed by atoms with van der Waals surface area (Å²) in [7, 11) is 4.35. The summed E-state index contributed by atoms with van der Waals surface area (Å²) in [6.45, 7) is 2.99. The van der Waals surface area contributed by atoms with Crippen LogP contribution < -0.4 is 11.1 Å². The van der Waals surface area contributed by atoms with Crippen molar-refractivity contribution in [2.45, 2.75) is 31.7 Å². The third kappa shape index (κ3) is 2.44. The van der Waals surface area contributed by atoms with Crippen LogP contribution in [-0.4, -0.2) is 36.1 Å². The molecule has 0 spiro atoms. The van der Waals surface area contributed by atoms with Gasteiger partial charge in [-0.15, -0.1) is 0 Å². The van der Waals surface area contributed by atoms with Gasteiger partial charge in [0.25, 0.3) is 0 Å². The van der Waals surface area contributed by atoms with Crippen LogP contribution in [0.5, 0.6) is 0 Å². The minimum atomic E-state index is 0.301. The maximum atomic E-state index is 6.07. The monoisotopic (exact) mass is 284 g/mol. The molecule has 1 aromatic carbocycles. The van der Waals surface area contributed by atoms with Gasteiger partial charge < -0.3 is 16.0 Å². The highest BCUT2D eigenvalue weighted by Gasteiger charge is 2.38. The Balaban J connectivity index is 1.91. The van der Waals surface area contributed by atoms with Crippen molar-refractivity contribution in [1.29, 1.82) is 0 Å². The summed E-state index contributed by atoms with van der Waals surface area (Å²) in [6, 6.07) is 6.15. The highest BCUT2D eigenvalue weighted by Crippen LogP contribution is 2.37. The molecule has 1 saturated carbocycles. The molecule has 4 nitrogen and oxygen atoms in total. The van der Waals surface area contributed by atoms with Gasteiger partial charge in [-0.3, -0.25) is 4.98 Å². The van der Waals surface area contributed by atoms with E-state index in [1.54, 1.807) is 0 Å². The van der Waals surface area contributed by atoms with Gasteiger partial charge in [-0.05, 0) is 58.5 Å². The second-order valence-electron chi connectivity index (χ2n) is 6.40. The molecule has 112 valence electrons. The van der Waals surface area contributed by atoms with Crippen LogP contribution in [0.15, 0.2) is 24.4 Å². The van der Waals surface area contributed by atoms with Crippen LogP contribution in [-0.2, 0) is 0 Å². The van der Waals surface area contributed by atoms with Crippen LogP contribution >= 0.6 is 0 Å². The number of nitrogens with one attached hydrogen (secondary N) is 1. The number of anilines is 2. The molecule has 0 unspecified atom stereocenters. The molecule has 1 aliphatic rings. The standard InChI is InChI=1S/C17H24N4/c1-12-9-13-14(10-19-12)15(18)5-6-16(13)20-11-17(21(2)3)7-4-8-17/h5-6,9-10,20H,4,7-8,11,18H2,1-3H3. The molecule has 0 atom stereocenters. The van der Waals surface area contributed by atoms with E-state index in [2.05, 4.69) is 41.4 Å². The number of rotatable bonds is 4.